The molecule has 0 radical (unpaired) electrons. The van der Waals surface area contributed by atoms with Crippen LogP contribution in [0.2, 0.25) is 0 Å². The van der Waals surface area contributed by atoms with Crippen LogP contribution in [0.1, 0.15) is 102 Å². The summed E-state index contributed by atoms with van der Waals surface area (Å²) in [4.78, 5) is 0. The van der Waals surface area contributed by atoms with Gasteiger partial charge >= 0.3 is 0 Å². The molecule has 1 rings (SSSR count). The molecule has 0 aromatic carbocycles. The summed E-state index contributed by atoms with van der Waals surface area (Å²) in [5.74, 6) is 0. The molecule has 142 valence electrons. The molecule has 0 amide bonds. The van der Waals surface area contributed by atoms with E-state index < -0.39 is 0 Å². The summed E-state index contributed by atoms with van der Waals surface area (Å²) < 4.78 is 2.31. The van der Waals surface area contributed by atoms with Crippen LogP contribution in [0, 0.1) is 6.92 Å². The first-order chi connectivity index (χ1) is 12.3. The van der Waals surface area contributed by atoms with Crippen molar-refractivity contribution in [2.45, 2.75) is 110 Å². The zero-order valence-electron chi connectivity index (χ0n) is 17.0. The predicted molar refractivity (Wildman–Crippen MR) is 111 cm³/mol. The monoisotopic (exact) mass is 344 g/mol. The Bertz CT molecular complexity index is 418. The fraction of sp³-hybridized carbons (Fsp3) is 0.708. The van der Waals surface area contributed by atoms with E-state index in [2.05, 4.69) is 55.1 Å². The normalized spacial score (nSPS) is 11.4. The van der Waals surface area contributed by atoms with E-state index in [0.29, 0.717) is 0 Å². The first-order valence-corrected chi connectivity index (χ1v) is 10.9. The number of aryl methyl sites for hydroxylation is 2. The summed E-state index contributed by atoms with van der Waals surface area (Å²) in [6.45, 7) is 5.60. The van der Waals surface area contributed by atoms with E-state index in [1.54, 1.807) is 0 Å². The fourth-order valence-electron chi connectivity index (χ4n) is 3.22. The van der Waals surface area contributed by atoms with Gasteiger partial charge in [-0.15, -0.1) is 0 Å². The lowest BCUT2D eigenvalue weighted by atomic mass is 10.1. The Labute approximate surface area is 157 Å². The van der Waals surface area contributed by atoms with Crippen molar-refractivity contribution in [2.24, 2.45) is 0 Å². The third-order valence-corrected chi connectivity index (χ3v) is 4.99. The molecule has 0 saturated carbocycles. The van der Waals surface area contributed by atoms with Crippen LogP contribution < -0.4 is 4.57 Å². The van der Waals surface area contributed by atoms with Gasteiger partial charge < -0.3 is 0 Å². The van der Waals surface area contributed by atoms with Gasteiger partial charge in [0.2, 0.25) is 0 Å². The number of allylic oxidation sites excluding steroid dienone is 2. The van der Waals surface area contributed by atoms with Crippen molar-refractivity contribution in [1.29, 1.82) is 0 Å². The third kappa shape index (κ3) is 13.8. The minimum absolute atomic E-state index is 1.17. The predicted octanol–water partition coefficient (Wildman–Crippen LogP) is 7.32. The number of nitrogens with zero attached hydrogens (tertiary/aromatic N) is 1. The molecular weight excluding hydrogens is 302 g/mol. The average Bonchev–Trinajstić information content (AvgIpc) is 2.63. The number of aromatic nitrogens is 1. The fourth-order valence-corrected chi connectivity index (χ4v) is 3.22. The van der Waals surface area contributed by atoms with Gasteiger partial charge in [0.05, 0.1) is 0 Å². The van der Waals surface area contributed by atoms with E-state index in [0.717, 1.165) is 0 Å². The lowest BCUT2D eigenvalue weighted by Crippen LogP contribution is -2.32. The van der Waals surface area contributed by atoms with Crippen LogP contribution in [0.5, 0.6) is 0 Å². The van der Waals surface area contributed by atoms with Crippen molar-refractivity contribution in [2.75, 3.05) is 0 Å². The van der Waals surface area contributed by atoms with Gasteiger partial charge in [-0.2, -0.15) is 0 Å². The van der Waals surface area contributed by atoms with Crippen molar-refractivity contribution in [3.8, 4) is 0 Å². The maximum atomic E-state index is 2.42. The molecule has 1 nitrogen and oxygen atoms in total. The van der Waals surface area contributed by atoms with Crippen LogP contribution in [-0.4, -0.2) is 0 Å². The molecule has 1 heterocycles. The van der Waals surface area contributed by atoms with Gasteiger partial charge in [-0.05, 0) is 44.6 Å². The van der Waals surface area contributed by atoms with Crippen molar-refractivity contribution in [3.05, 3.63) is 42.2 Å². The molecule has 0 N–H and O–H groups in total. The van der Waals surface area contributed by atoms with E-state index in [4.69, 9.17) is 0 Å². The Hall–Kier alpha value is -1.11. The van der Waals surface area contributed by atoms with Crippen molar-refractivity contribution in [3.63, 3.8) is 0 Å². The number of unbranched alkanes of at least 4 members (excludes halogenated alkanes) is 12. The minimum atomic E-state index is 1.17. The van der Waals surface area contributed by atoms with Crippen LogP contribution in [0.15, 0.2) is 36.7 Å². The molecule has 0 atom stereocenters. The van der Waals surface area contributed by atoms with Crippen LogP contribution in [-0.2, 0) is 6.54 Å². The van der Waals surface area contributed by atoms with Gasteiger partial charge in [0.1, 0.15) is 6.54 Å². The molecule has 1 aromatic heterocycles. The first kappa shape index (κ1) is 21.9. The van der Waals surface area contributed by atoms with Crippen molar-refractivity contribution >= 4 is 0 Å². The molecule has 0 spiro atoms. The number of hydrogen-bond donors (Lipinski definition) is 0. The van der Waals surface area contributed by atoms with Gasteiger partial charge in [0, 0.05) is 18.6 Å². The lowest BCUT2D eigenvalue weighted by Gasteiger charge is -2.00. The highest BCUT2D eigenvalue weighted by Crippen LogP contribution is 2.09. The molecule has 0 unspecified atom stereocenters. The molecule has 0 saturated heterocycles. The molecule has 25 heavy (non-hydrogen) atoms. The first-order valence-electron chi connectivity index (χ1n) is 10.9. The maximum Gasteiger partial charge on any atom is 0.169 e. The molecule has 1 heteroatoms. The Morgan fingerprint density at radius 1 is 0.680 bits per heavy atom. The van der Waals surface area contributed by atoms with Gasteiger partial charge in [0.25, 0.3) is 0 Å². The van der Waals surface area contributed by atoms with E-state index in [9.17, 15) is 0 Å². The highest BCUT2D eigenvalue weighted by Gasteiger charge is 1.99. The average molecular weight is 345 g/mol. The topological polar surface area (TPSA) is 3.88 Å². The third-order valence-electron chi connectivity index (χ3n) is 4.99. The summed E-state index contributed by atoms with van der Waals surface area (Å²) in [6.07, 6.45) is 28.5. The van der Waals surface area contributed by atoms with Crippen LogP contribution >= 0.6 is 0 Å². The zero-order valence-corrected chi connectivity index (χ0v) is 17.0. The summed E-state index contributed by atoms with van der Waals surface area (Å²) in [7, 11) is 0. The Kier molecular flexibility index (Phi) is 14.4. The van der Waals surface area contributed by atoms with Crippen LogP contribution in [0.25, 0.3) is 0 Å². The van der Waals surface area contributed by atoms with Crippen molar-refractivity contribution in [1.82, 2.24) is 0 Å². The smallest absolute Gasteiger partial charge is 0.169 e. The van der Waals surface area contributed by atoms with Gasteiger partial charge in [0.15, 0.2) is 12.4 Å². The highest BCUT2D eigenvalue weighted by molar-refractivity contribution is 5.03. The second kappa shape index (κ2) is 16.4. The standard InChI is InChI=1S/C24H42N/c1-3-4-5-6-7-8-9-10-11-12-13-14-15-16-17-18-21-25-22-19-24(2)20-23-25/h10-11,19-20,22-23H,3-9,12-18,21H2,1-2H3/q+1/b11-10-. The number of pyridine rings is 1. The Balaban J connectivity index is 1.79. The molecule has 0 fully saturated rings. The van der Waals surface area contributed by atoms with Gasteiger partial charge in [-0.25, -0.2) is 4.57 Å². The van der Waals surface area contributed by atoms with Crippen molar-refractivity contribution < 1.29 is 4.57 Å². The summed E-state index contributed by atoms with van der Waals surface area (Å²) in [5.41, 5.74) is 1.34. The number of rotatable bonds is 16. The van der Waals surface area contributed by atoms with E-state index in [-0.39, 0.29) is 0 Å². The summed E-state index contributed by atoms with van der Waals surface area (Å²) in [5, 5.41) is 0. The quantitative estimate of drug-likeness (QED) is 0.168. The van der Waals surface area contributed by atoms with E-state index in [1.807, 2.05) is 0 Å². The molecule has 1 aromatic rings. The lowest BCUT2D eigenvalue weighted by molar-refractivity contribution is -0.697. The largest absolute Gasteiger partial charge is 0.205 e. The van der Waals surface area contributed by atoms with Gasteiger partial charge in [-0.3, -0.25) is 0 Å². The Morgan fingerprint density at radius 2 is 1.16 bits per heavy atom. The van der Waals surface area contributed by atoms with Gasteiger partial charge in [-0.1, -0.05) is 70.4 Å². The second-order valence-corrected chi connectivity index (χ2v) is 7.55. The zero-order chi connectivity index (χ0) is 18.0. The molecule has 0 aliphatic carbocycles. The highest BCUT2D eigenvalue weighted by atomic mass is 14.9. The number of hydrogen-bond acceptors (Lipinski definition) is 0. The molecule has 0 aliphatic rings. The Morgan fingerprint density at radius 3 is 1.72 bits per heavy atom. The molecular formula is C24H42N+. The van der Waals surface area contributed by atoms with Crippen LogP contribution in [0.4, 0.5) is 0 Å². The molecule has 0 aliphatic heterocycles. The van der Waals surface area contributed by atoms with E-state index >= 15 is 0 Å². The van der Waals surface area contributed by atoms with Crippen LogP contribution in [0.3, 0.4) is 0 Å². The second-order valence-electron chi connectivity index (χ2n) is 7.55. The maximum absolute atomic E-state index is 2.42. The summed E-state index contributed by atoms with van der Waals surface area (Å²) >= 11 is 0. The molecule has 0 bridgehead atoms. The SMILES string of the molecule is CCCCCCCC/C=C\CCCCCCCC[n+]1ccc(C)cc1. The van der Waals surface area contributed by atoms with E-state index in [1.165, 1.54) is 102 Å². The minimum Gasteiger partial charge on any atom is -0.205 e. The summed E-state index contributed by atoms with van der Waals surface area (Å²) in [6, 6.07) is 4.39.